The minimum Gasteiger partial charge on any atom is -0.493 e. The number of methoxy groups -OCH3 is 2. The van der Waals surface area contributed by atoms with Crippen LogP contribution in [0.5, 0.6) is 11.5 Å². The number of nitrogens with two attached hydrogens (primary N) is 1. The molecule has 24 heavy (non-hydrogen) atoms. The number of nitrogens with one attached hydrogen (secondary N) is 1. The SMILES string of the molecule is COc1ccc(NC(N)=NCC2CN3CCN2CC3)cc1OC.I. The highest BCUT2D eigenvalue weighted by molar-refractivity contribution is 14.0. The van der Waals surface area contributed by atoms with Crippen molar-refractivity contribution in [1.29, 1.82) is 0 Å². The van der Waals surface area contributed by atoms with Crippen LogP contribution in [0.15, 0.2) is 23.2 Å². The normalized spacial score (nSPS) is 25.8. The maximum Gasteiger partial charge on any atom is 0.193 e. The third-order valence-electron chi connectivity index (χ3n) is 4.52. The zero-order valence-corrected chi connectivity index (χ0v) is 16.5. The van der Waals surface area contributed by atoms with E-state index in [0.717, 1.165) is 31.9 Å². The highest BCUT2D eigenvalue weighted by atomic mass is 127. The van der Waals surface area contributed by atoms with Gasteiger partial charge in [0, 0.05) is 50.5 Å². The molecule has 3 saturated heterocycles. The molecule has 1 atom stereocenters. The van der Waals surface area contributed by atoms with Crippen molar-refractivity contribution in [1.82, 2.24) is 9.80 Å². The van der Waals surface area contributed by atoms with Crippen LogP contribution in [0.1, 0.15) is 0 Å². The summed E-state index contributed by atoms with van der Waals surface area (Å²) in [5.74, 6) is 1.78. The van der Waals surface area contributed by atoms with Crippen LogP contribution in [0.3, 0.4) is 0 Å². The number of fused-ring (bicyclic) bond motifs is 3. The van der Waals surface area contributed by atoms with Gasteiger partial charge in [0.2, 0.25) is 0 Å². The Morgan fingerprint density at radius 1 is 1.21 bits per heavy atom. The summed E-state index contributed by atoms with van der Waals surface area (Å²) >= 11 is 0. The second-order valence-electron chi connectivity index (χ2n) is 5.91. The minimum atomic E-state index is 0. The van der Waals surface area contributed by atoms with Gasteiger partial charge in [-0.05, 0) is 12.1 Å². The molecule has 7 nitrogen and oxygen atoms in total. The maximum atomic E-state index is 6.02. The Labute approximate surface area is 160 Å². The van der Waals surface area contributed by atoms with Gasteiger partial charge in [-0.15, -0.1) is 24.0 Å². The summed E-state index contributed by atoms with van der Waals surface area (Å²) < 4.78 is 10.5. The Morgan fingerprint density at radius 3 is 2.50 bits per heavy atom. The van der Waals surface area contributed by atoms with Gasteiger partial charge in [-0.2, -0.15) is 0 Å². The van der Waals surface area contributed by atoms with Crippen molar-refractivity contribution < 1.29 is 9.47 Å². The molecule has 8 heteroatoms. The fourth-order valence-electron chi connectivity index (χ4n) is 3.20. The largest absolute Gasteiger partial charge is 0.493 e. The predicted octanol–water partition coefficient (Wildman–Crippen LogP) is 1.05. The fraction of sp³-hybridized carbons (Fsp3) is 0.562. The number of guanidine groups is 1. The van der Waals surface area contributed by atoms with Crippen molar-refractivity contribution in [3.05, 3.63) is 18.2 Å². The van der Waals surface area contributed by atoms with E-state index < -0.39 is 0 Å². The van der Waals surface area contributed by atoms with Gasteiger partial charge in [0.1, 0.15) is 0 Å². The molecule has 1 unspecified atom stereocenters. The van der Waals surface area contributed by atoms with Gasteiger partial charge in [-0.25, -0.2) is 0 Å². The molecular formula is C16H26IN5O2. The summed E-state index contributed by atoms with van der Waals surface area (Å²) in [5, 5.41) is 3.11. The summed E-state index contributed by atoms with van der Waals surface area (Å²) in [6, 6.07) is 6.05. The van der Waals surface area contributed by atoms with Crippen LogP contribution in [0.2, 0.25) is 0 Å². The lowest BCUT2D eigenvalue weighted by Crippen LogP contribution is -2.61. The summed E-state index contributed by atoms with van der Waals surface area (Å²) in [6.07, 6.45) is 0. The number of hydrogen-bond donors (Lipinski definition) is 2. The van der Waals surface area contributed by atoms with Gasteiger partial charge >= 0.3 is 0 Å². The molecule has 1 aromatic carbocycles. The Bertz CT molecular complexity index is 576. The number of hydrogen-bond acceptors (Lipinski definition) is 5. The van der Waals surface area contributed by atoms with Crippen molar-refractivity contribution >= 4 is 35.6 Å². The van der Waals surface area contributed by atoms with E-state index in [1.54, 1.807) is 14.2 Å². The Kier molecular flexibility index (Phi) is 6.93. The molecule has 134 valence electrons. The number of benzene rings is 1. The van der Waals surface area contributed by atoms with Gasteiger partial charge < -0.3 is 20.5 Å². The van der Waals surface area contributed by atoms with E-state index in [1.165, 1.54) is 13.1 Å². The monoisotopic (exact) mass is 447 g/mol. The molecule has 3 aliphatic rings. The number of rotatable bonds is 5. The highest BCUT2D eigenvalue weighted by Gasteiger charge is 2.31. The van der Waals surface area contributed by atoms with E-state index in [2.05, 4.69) is 20.1 Å². The molecule has 3 N–H and O–H groups in total. The van der Waals surface area contributed by atoms with E-state index in [-0.39, 0.29) is 24.0 Å². The molecule has 3 heterocycles. The minimum absolute atomic E-state index is 0. The van der Waals surface area contributed by atoms with Crippen molar-refractivity contribution in [3.63, 3.8) is 0 Å². The summed E-state index contributed by atoms with van der Waals surface area (Å²) in [6.45, 7) is 6.46. The smallest absolute Gasteiger partial charge is 0.193 e. The Morgan fingerprint density at radius 2 is 1.92 bits per heavy atom. The van der Waals surface area contributed by atoms with Gasteiger partial charge in [0.05, 0.1) is 20.8 Å². The first-order chi connectivity index (χ1) is 11.2. The van der Waals surface area contributed by atoms with Crippen LogP contribution in [0.4, 0.5) is 5.69 Å². The molecule has 2 bridgehead atoms. The van der Waals surface area contributed by atoms with Crippen molar-refractivity contribution in [3.8, 4) is 11.5 Å². The van der Waals surface area contributed by atoms with Crippen LogP contribution < -0.4 is 20.5 Å². The van der Waals surface area contributed by atoms with Gasteiger partial charge in [-0.3, -0.25) is 14.8 Å². The molecular weight excluding hydrogens is 421 g/mol. The zero-order valence-electron chi connectivity index (χ0n) is 14.2. The van der Waals surface area contributed by atoms with Crippen molar-refractivity contribution in [2.75, 3.05) is 58.8 Å². The Hall–Kier alpha value is -1.26. The average Bonchev–Trinajstić information content (AvgIpc) is 2.61. The molecule has 3 aliphatic heterocycles. The highest BCUT2D eigenvalue weighted by Crippen LogP contribution is 2.29. The first-order valence-electron chi connectivity index (χ1n) is 7.95. The quantitative estimate of drug-likeness (QED) is 0.400. The Balaban J connectivity index is 0.00000208. The molecule has 4 rings (SSSR count). The van der Waals surface area contributed by atoms with E-state index in [1.807, 2.05) is 18.2 Å². The van der Waals surface area contributed by atoms with Crippen LogP contribution >= 0.6 is 24.0 Å². The first kappa shape index (κ1) is 19.1. The molecule has 0 aliphatic carbocycles. The summed E-state index contributed by atoms with van der Waals surface area (Å²) in [5.41, 5.74) is 6.85. The average molecular weight is 447 g/mol. The van der Waals surface area contributed by atoms with Gasteiger partial charge in [-0.1, -0.05) is 0 Å². The number of ether oxygens (including phenoxy) is 2. The second-order valence-corrected chi connectivity index (χ2v) is 5.91. The van der Waals surface area contributed by atoms with Crippen LogP contribution in [0.25, 0.3) is 0 Å². The molecule has 0 aromatic heterocycles. The second kappa shape index (κ2) is 8.72. The van der Waals surface area contributed by atoms with Crippen LogP contribution in [-0.2, 0) is 0 Å². The molecule has 3 fully saturated rings. The predicted molar refractivity (Wildman–Crippen MR) is 107 cm³/mol. The van der Waals surface area contributed by atoms with E-state index in [9.17, 15) is 0 Å². The third kappa shape index (κ3) is 4.42. The third-order valence-corrected chi connectivity index (χ3v) is 4.52. The number of nitrogens with zero attached hydrogens (tertiary/aromatic N) is 3. The van der Waals surface area contributed by atoms with Crippen molar-refractivity contribution in [2.24, 2.45) is 10.7 Å². The van der Waals surface area contributed by atoms with Gasteiger partial charge in [0.15, 0.2) is 17.5 Å². The lowest BCUT2D eigenvalue weighted by Gasteiger charge is -2.47. The standard InChI is InChI=1S/C16H25N5O2.HI/c1-22-14-4-3-12(9-15(14)23-2)19-16(17)18-10-13-11-20-5-7-21(13)8-6-20;/h3-4,9,13H,5-8,10-11H2,1-2H3,(H3,17,18,19);1H. The number of halogens is 1. The van der Waals surface area contributed by atoms with E-state index in [4.69, 9.17) is 15.2 Å². The molecule has 0 amide bonds. The molecule has 0 saturated carbocycles. The zero-order chi connectivity index (χ0) is 16.2. The molecule has 1 aromatic rings. The fourth-order valence-corrected chi connectivity index (χ4v) is 3.20. The summed E-state index contributed by atoms with van der Waals surface area (Å²) in [4.78, 5) is 9.51. The van der Waals surface area contributed by atoms with E-state index in [0.29, 0.717) is 23.5 Å². The number of piperazine rings is 3. The molecule has 0 radical (unpaired) electrons. The lowest BCUT2D eigenvalue weighted by molar-refractivity contribution is 0.0174. The van der Waals surface area contributed by atoms with Gasteiger partial charge in [0.25, 0.3) is 0 Å². The number of aliphatic imine (C=N–C) groups is 1. The maximum absolute atomic E-state index is 6.02. The van der Waals surface area contributed by atoms with Crippen LogP contribution in [0, 0.1) is 0 Å². The summed E-state index contributed by atoms with van der Waals surface area (Å²) in [7, 11) is 3.23. The first-order valence-corrected chi connectivity index (χ1v) is 7.95. The molecule has 0 spiro atoms. The lowest BCUT2D eigenvalue weighted by atomic mass is 10.1. The van der Waals surface area contributed by atoms with Crippen LogP contribution in [-0.4, -0.2) is 75.3 Å². The topological polar surface area (TPSA) is 75.4 Å². The van der Waals surface area contributed by atoms with Crippen molar-refractivity contribution in [2.45, 2.75) is 6.04 Å². The number of anilines is 1. The van der Waals surface area contributed by atoms with E-state index >= 15 is 0 Å².